The fourth-order valence-corrected chi connectivity index (χ4v) is 7.00. The first kappa shape index (κ1) is 23.1. The molecular formula is C35H26FNS. The van der Waals surface area contributed by atoms with Crippen molar-refractivity contribution in [3.8, 4) is 22.4 Å². The molecule has 0 amide bonds. The molecule has 0 N–H and O–H groups in total. The zero-order valence-corrected chi connectivity index (χ0v) is 22.1. The van der Waals surface area contributed by atoms with Gasteiger partial charge in [-0.2, -0.15) is 0 Å². The van der Waals surface area contributed by atoms with Crippen molar-refractivity contribution in [3.05, 3.63) is 115 Å². The van der Waals surface area contributed by atoms with Gasteiger partial charge in [-0.25, -0.2) is 4.39 Å². The van der Waals surface area contributed by atoms with Gasteiger partial charge in [-0.3, -0.25) is 4.98 Å². The Morgan fingerprint density at radius 2 is 1.47 bits per heavy atom. The molecule has 2 heterocycles. The van der Waals surface area contributed by atoms with E-state index < -0.39 is 0 Å². The monoisotopic (exact) mass is 511 g/mol. The molecule has 0 saturated carbocycles. The molecule has 0 bridgehead atoms. The van der Waals surface area contributed by atoms with Crippen molar-refractivity contribution in [1.82, 2.24) is 4.98 Å². The summed E-state index contributed by atoms with van der Waals surface area (Å²) < 4.78 is 17.6. The lowest BCUT2D eigenvalue weighted by Gasteiger charge is -2.15. The van der Waals surface area contributed by atoms with Crippen LogP contribution in [0.2, 0.25) is 0 Å². The molecule has 0 aliphatic rings. The quantitative estimate of drug-likeness (QED) is 0.214. The summed E-state index contributed by atoms with van der Waals surface area (Å²) in [6.07, 6.45) is 2.84. The highest BCUT2D eigenvalue weighted by molar-refractivity contribution is 7.26. The van der Waals surface area contributed by atoms with E-state index in [0.717, 1.165) is 38.7 Å². The number of fused-ring (bicyclic) bond motifs is 6. The molecule has 3 heteroatoms. The minimum absolute atomic E-state index is 0.161. The molecule has 7 aromatic rings. The van der Waals surface area contributed by atoms with Gasteiger partial charge in [-0.1, -0.05) is 92.7 Å². The van der Waals surface area contributed by atoms with Gasteiger partial charge in [0, 0.05) is 28.1 Å². The molecule has 7 rings (SSSR count). The van der Waals surface area contributed by atoms with Crippen LogP contribution in [0.25, 0.3) is 64.1 Å². The van der Waals surface area contributed by atoms with Crippen molar-refractivity contribution >= 4 is 53.1 Å². The third kappa shape index (κ3) is 3.69. The summed E-state index contributed by atoms with van der Waals surface area (Å²) >= 11 is 1.51. The Labute approximate surface area is 225 Å². The number of aromatic nitrogens is 1. The first-order valence-corrected chi connectivity index (χ1v) is 13.9. The first-order chi connectivity index (χ1) is 18.6. The second-order valence-electron chi connectivity index (χ2n) is 10.4. The third-order valence-corrected chi connectivity index (χ3v) is 8.63. The van der Waals surface area contributed by atoms with Crippen molar-refractivity contribution in [3.63, 3.8) is 0 Å². The van der Waals surface area contributed by atoms with Crippen molar-refractivity contribution in [2.75, 3.05) is 0 Å². The average molecular weight is 512 g/mol. The smallest absolute Gasteiger partial charge is 0.148 e. The van der Waals surface area contributed by atoms with E-state index in [4.69, 9.17) is 4.98 Å². The molecule has 0 aliphatic heterocycles. The minimum Gasteiger partial charge on any atom is -0.255 e. The Bertz CT molecular complexity index is 1990. The maximum absolute atomic E-state index is 15.9. The Morgan fingerprint density at radius 3 is 2.32 bits per heavy atom. The minimum atomic E-state index is -0.161. The van der Waals surface area contributed by atoms with Gasteiger partial charge >= 0.3 is 0 Å². The van der Waals surface area contributed by atoms with E-state index in [-0.39, 0.29) is 5.82 Å². The van der Waals surface area contributed by atoms with E-state index in [2.05, 4.69) is 68.4 Å². The lowest BCUT2D eigenvalue weighted by molar-refractivity contribution is 0.645. The third-order valence-electron chi connectivity index (χ3n) is 7.41. The van der Waals surface area contributed by atoms with Gasteiger partial charge in [0.25, 0.3) is 0 Å². The van der Waals surface area contributed by atoms with Crippen LogP contribution in [0.5, 0.6) is 0 Å². The lowest BCUT2D eigenvalue weighted by Crippen LogP contribution is -1.97. The SMILES string of the molecule is CC(C)Cc1cc(-c2nccc3c2sc2c(F)c(-c4ccccc4)ccc23)cc2ccc3ccccc3c12. The fraction of sp³-hybridized carbons (Fsp3) is 0.114. The number of nitrogens with zero attached hydrogens (tertiary/aromatic N) is 1. The summed E-state index contributed by atoms with van der Waals surface area (Å²) in [5.41, 5.74) is 4.87. The van der Waals surface area contributed by atoms with Crippen molar-refractivity contribution in [1.29, 1.82) is 0 Å². The maximum atomic E-state index is 15.9. The van der Waals surface area contributed by atoms with E-state index in [0.29, 0.717) is 16.2 Å². The molecule has 0 aliphatic carbocycles. The van der Waals surface area contributed by atoms with E-state index >= 15 is 4.39 Å². The molecule has 0 spiro atoms. The summed E-state index contributed by atoms with van der Waals surface area (Å²) in [6.45, 7) is 4.53. The molecular weight excluding hydrogens is 485 g/mol. The van der Waals surface area contributed by atoms with E-state index in [1.165, 1.54) is 38.4 Å². The molecule has 0 atom stereocenters. The predicted molar refractivity (Wildman–Crippen MR) is 162 cm³/mol. The van der Waals surface area contributed by atoms with Crippen LogP contribution in [0.3, 0.4) is 0 Å². The van der Waals surface area contributed by atoms with Gasteiger partial charge < -0.3 is 0 Å². The summed E-state index contributed by atoms with van der Waals surface area (Å²) in [5, 5.41) is 7.08. The molecule has 2 aromatic heterocycles. The molecule has 0 unspecified atom stereocenters. The Hall–Kier alpha value is -4.08. The standard InChI is InChI=1S/C35H26FNS/c1-21(2)18-25-20-26(19-24-13-12-23-10-6-7-11-27(23)31(24)25)33-35-30(16-17-37-33)29-15-14-28(32(36)34(29)38-35)22-8-4-3-5-9-22/h3-17,19-21H,18H2,1-2H3. The van der Waals surface area contributed by atoms with Crippen LogP contribution in [-0.4, -0.2) is 4.98 Å². The van der Waals surface area contributed by atoms with E-state index in [9.17, 15) is 0 Å². The molecule has 0 saturated heterocycles. The molecule has 38 heavy (non-hydrogen) atoms. The Kier molecular flexibility index (Phi) is 5.49. The van der Waals surface area contributed by atoms with Crippen LogP contribution in [0, 0.1) is 11.7 Å². The lowest BCUT2D eigenvalue weighted by atomic mass is 9.90. The summed E-state index contributed by atoms with van der Waals surface area (Å²) in [4.78, 5) is 4.86. The zero-order valence-electron chi connectivity index (χ0n) is 21.3. The Morgan fingerprint density at radius 1 is 0.711 bits per heavy atom. The number of hydrogen-bond donors (Lipinski definition) is 0. The molecule has 1 nitrogen and oxygen atoms in total. The summed E-state index contributed by atoms with van der Waals surface area (Å²) in [7, 11) is 0. The highest BCUT2D eigenvalue weighted by Crippen LogP contribution is 2.43. The second kappa shape index (κ2) is 9.04. The van der Waals surface area contributed by atoms with Crippen molar-refractivity contribution < 1.29 is 4.39 Å². The highest BCUT2D eigenvalue weighted by atomic mass is 32.1. The van der Waals surface area contributed by atoms with Gasteiger partial charge in [0.05, 0.1) is 15.1 Å². The summed E-state index contributed by atoms with van der Waals surface area (Å²) in [5.74, 6) is 0.359. The van der Waals surface area contributed by atoms with E-state index in [1.54, 1.807) is 0 Å². The average Bonchev–Trinajstić information content (AvgIpc) is 3.33. The van der Waals surface area contributed by atoms with Crippen LogP contribution in [0.15, 0.2) is 103 Å². The number of halogens is 1. The summed E-state index contributed by atoms with van der Waals surface area (Å²) in [6, 6.07) is 33.4. The number of rotatable bonds is 4. The molecule has 0 radical (unpaired) electrons. The van der Waals surface area contributed by atoms with Crippen molar-refractivity contribution in [2.45, 2.75) is 20.3 Å². The van der Waals surface area contributed by atoms with Gasteiger partial charge in [0.15, 0.2) is 0 Å². The largest absolute Gasteiger partial charge is 0.255 e. The van der Waals surface area contributed by atoms with E-state index in [1.807, 2.05) is 48.7 Å². The van der Waals surface area contributed by atoms with Gasteiger partial charge in [-0.05, 0) is 63.2 Å². The number of hydrogen-bond acceptors (Lipinski definition) is 2. The van der Waals surface area contributed by atoms with Crippen molar-refractivity contribution in [2.24, 2.45) is 5.92 Å². The topological polar surface area (TPSA) is 12.9 Å². The van der Waals surface area contributed by atoms with Crippen LogP contribution >= 0.6 is 11.3 Å². The Balaban J connectivity index is 1.48. The number of pyridine rings is 1. The molecule has 184 valence electrons. The highest BCUT2D eigenvalue weighted by Gasteiger charge is 2.18. The van der Waals surface area contributed by atoms with Gasteiger partial charge in [0.1, 0.15) is 5.82 Å². The van der Waals surface area contributed by atoms with Gasteiger partial charge in [-0.15, -0.1) is 11.3 Å². The second-order valence-corrected chi connectivity index (χ2v) is 11.4. The van der Waals surface area contributed by atoms with Crippen LogP contribution in [-0.2, 0) is 6.42 Å². The van der Waals surface area contributed by atoms with Gasteiger partial charge in [0.2, 0.25) is 0 Å². The predicted octanol–water partition coefficient (Wildman–Crippen LogP) is 10.4. The maximum Gasteiger partial charge on any atom is 0.148 e. The molecule has 0 fully saturated rings. The molecule has 5 aromatic carbocycles. The number of thiophene rings is 1. The van der Waals surface area contributed by atoms with Crippen LogP contribution < -0.4 is 0 Å². The zero-order chi connectivity index (χ0) is 25.8. The van der Waals surface area contributed by atoms with Crippen LogP contribution in [0.1, 0.15) is 19.4 Å². The number of benzene rings is 5. The normalized spacial score (nSPS) is 11.9. The first-order valence-electron chi connectivity index (χ1n) is 13.1. The fourth-order valence-electron chi connectivity index (χ4n) is 5.75. The van der Waals surface area contributed by atoms with Crippen LogP contribution in [0.4, 0.5) is 4.39 Å².